The Morgan fingerprint density at radius 2 is 1.74 bits per heavy atom. The van der Waals surface area contributed by atoms with Crippen LogP contribution in [0.3, 0.4) is 0 Å². The summed E-state index contributed by atoms with van der Waals surface area (Å²) < 4.78 is 4.88. The van der Waals surface area contributed by atoms with E-state index in [1.165, 1.54) is 18.2 Å². The van der Waals surface area contributed by atoms with Crippen molar-refractivity contribution < 1.29 is 14.3 Å². The van der Waals surface area contributed by atoms with Crippen LogP contribution in [0.15, 0.2) is 77.9 Å². The Labute approximate surface area is 159 Å². The van der Waals surface area contributed by atoms with Crippen LogP contribution in [0.2, 0.25) is 0 Å². The molecule has 0 aliphatic carbocycles. The Morgan fingerprint density at radius 3 is 2.30 bits per heavy atom. The van der Waals surface area contributed by atoms with E-state index in [0.29, 0.717) is 5.56 Å². The summed E-state index contributed by atoms with van der Waals surface area (Å²) >= 11 is 0. The van der Waals surface area contributed by atoms with Gasteiger partial charge in [0.1, 0.15) is 0 Å². The van der Waals surface area contributed by atoms with Gasteiger partial charge >= 0.3 is 5.97 Å². The van der Waals surface area contributed by atoms with Crippen LogP contribution in [0.25, 0.3) is 0 Å². The quantitative estimate of drug-likeness (QED) is 0.337. The van der Waals surface area contributed by atoms with Gasteiger partial charge in [-0.05, 0) is 31.2 Å². The van der Waals surface area contributed by atoms with E-state index < -0.39 is 12.0 Å². The van der Waals surface area contributed by atoms with Gasteiger partial charge in [-0.15, -0.1) is 0 Å². The number of benzene rings is 2. The van der Waals surface area contributed by atoms with E-state index in [4.69, 9.17) is 4.74 Å². The van der Waals surface area contributed by atoms with Gasteiger partial charge in [0, 0.05) is 12.1 Å². The summed E-state index contributed by atoms with van der Waals surface area (Å²) in [7, 11) is 1.28. The van der Waals surface area contributed by atoms with Crippen molar-refractivity contribution in [1.82, 2.24) is 4.90 Å². The number of methoxy groups -OCH3 is 1. The molecule has 6 nitrogen and oxygen atoms in total. The molecule has 0 aliphatic heterocycles. The predicted octanol–water partition coefficient (Wildman–Crippen LogP) is 3.34. The number of hydrogen-bond donors (Lipinski definition) is 1. The highest BCUT2D eigenvalue weighted by molar-refractivity contribution is 6.03. The van der Waals surface area contributed by atoms with Crippen LogP contribution < -0.4 is 5.43 Å². The number of rotatable bonds is 8. The maximum atomic E-state index is 13.0. The molecule has 2 aromatic carbocycles. The van der Waals surface area contributed by atoms with Crippen LogP contribution >= 0.6 is 0 Å². The number of amides is 1. The molecule has 0 saturated carbocycles. The molecule has 0 bridgehead atoms. The van der Waals surface area contributed by atoms with Crippen molar-refractivity contribution >= 4 is 23.8 Å². The lowest BCUT2D eigenvalue weighted by Gasteiger charge is -2.27. The lowest BCUT2D eigenvalue weighted by Crippen LogP contribution is -2.47. The second-order valence-electron chi connectivity index (χ2n) is 5.98. The number of hydrogen-bond acceptors (Lipinski definition) is 5. The first-order valence-corrected chi connectivity index (χ1v) is 8.45. The van der Waals surface area contributed by atoms with E-state index in [2.05, 4.69) is 17.1 Å². The number of esters is 1. The molecule has 1 N–H and O–H groups in total. The number of ether oxygens (including phenoxy) is 1. The molecule has 140 valence electrons. The molecule has 1 amide bonds. The van der Waals surface area contributed by atoms with E-state index in [0.717, 1.165) is 11.3 Å². The molecule has 1 atom stereocenters. The Morgan fingerprint density at radius 1 is 1.15 bits per heavy atom. The molecular formula is C21H23N3O3. The standard InChI is InChI=1S/C21H23N3O3/c1-16(2)15-24(20(25)17-10-6-4-7-11-17)19(21(26)27-3)14-22-23-18-12-8-5-9-13-18/h4-14,19,23H,1,15H2,2-3H3/b22-14+. The van der Waals surface area contributed by atoms with E-state index >= 15 is 0 Å². The van der Waals surface area contributed by atoms with Crippen molar-refractivity contribution in [3.63, 3.8) is 0 Å². The largest absolute Gasteiger partial charge is 0.467 e. The molecule has 6 heteroatoms. The Hall–Kier alpha value is -3.41. The zero-order chi connectivity index (χ0) is 19.6. The van der Waals surface area contributed by atoms with Crippen LogP contribution in [-0.4, -0.2) is 42.7 Å². The molecule has 1 unspecified atom stereocenters. The van der Waals surface area contributed by atoms with Crippen molar-refractivity contribution in [3.8, 4) is 0 Å². The summed E-state index contributed by atoms with van der Waals surface area (Å²) in [6.07, 6.45) is 1.36. The SMILES string of the molecule is C=C(C)CN(C(=O)c1ccccc1)C(/C=N/Nc1ccccc1)C(=O)OC. The summed E-state index contributed by atoms with van der Waals surface area (Å²) in [5, 5.41) is 4.12. The second-order valence-corrected chi connectivity index (χ2v) is 5.98. The number of nitrogens with zero attached hydrogens (tertiary/aromatic N) is 2. The van der Waals surface area contributed by atoms with Gasteiger partial charge in [-0.25, -0.2) is 4.79 Å². The Bertz CT molecular complexity index is 804. The van der Waals surface area contributed by atoms with E-state index in [9.17, 15) is 9.59 Å². The van der Waals surface area contributed by atoms with E-state index in [1.54, 1.807) is 31.2 Å². The van der Waals surface area contributed by atoms with E-state index in [-0.39, 0.29) is 12.5 Å². The number of para-hydroxylation sites is 1. The first-order chi connectivity index (χ1) is 13.0. The summed E-state index contributed by atoms with van der Waals surface area (Å²) in [5.41, 5.74) is 4.81. The molecule has 0 saturated heterocycles. The molecule has 27 heavy (non-hydrogen) atoms. The van der Waals surface area contributed by atoms with Gasteiger partial charge in [-0.1, -0.05) is 48.6 Å². The Balaban J connectivity index is 2.28. The van der Waals surface area contributed by atoms with E-state index in [1.807, 2.05) is 36.4 Å². The predicted molar refractivity (Wildman–Crippen MR) is 107 cm³/mol. The summed E-state index contributed by atoms with van der Waals surface area (Å²) in [5.74, 6) is -0.890. The van der Waals surface area contributed by atoms with Gasteiger partial charge in [0.25, 0.3) is 5.91 Å². The van der Waals surface area contributed by atoms with Crippen LogP contribution in [0.1, 0.15) is 17.3 Å². The molecule has 0 aliphatic rings. The monoisotopic (exact) mass is 365 g/mol. The average Bonchev–Trinajstić information content (AvgIpc) is 2.70. The highest BCUT2D eigenvalue weighted by Crippen LogP contribution is 2.12. The zero-order valence-electron chi connectivity index (χ0n) is 15.5. The summed E-state index contributed by atoms with van der Waals surface area (Å²) in [4.78, 5) is 26.7. The van der Waals surface area contributed by atoms with Crippen LogP contribution in [0, 0.1) is 0 Å². The normalized spacial score (nSPS) is 11.6. The average molecular weight is 365 g/mol. The third-order valence-corrected chi connectivity index (χ3v) is 3.68. The van der Waals surface area contributed by atoms with Crippen molar-refractivity contribution in [2.75, 3.05) is 19.1 Å². The number of carbonyl (C=O) groups excluding carboxylic acids is 2. The first kappa shape index (κ1) is 19.9. The number of nitrogens with one attached hydrogen (secondary N) is 1. The van der Waals surface area contributed by atoms with Gasteiger partial charge in [0.15, 0.2) is 6.04 Å². The van der Waals surface area contributed by atoms with Crippen molar-refractivity contribution in [2.45, 2.75) is 13.0 Å². The molecule has 0 radical (unpaired) electrons. The fourth-order valence-corrected chi connectivity index (χ4v) is 2.42. The Kier molecular flexibility index (Phi) is 7.31. The second kappa shape index (κ2) is 9.91. The van der Waals surface area contributed by atoms with Gasteiger partial charge in [0.2, 0.25) is 0 Å². The maximum absolute atomic E-state index is 13.0. The fraction of sp³-hybridized carbons (Fsp3) is 0.190. The molecular weight excluding hydrogens is 342 g/mol. The maximum Gasteiger partial charge on any atom is 0.334 e. The zero-order valence-corrected chi connectivity index (χ0v) is 15.5. The van der Waals surface area contributed by atoms with Crippen molar-refractivity contribution in [2.24, 2.45) is 5.10 Å². The fourth-order valence-electron chi connectivity index (χ4n) is 2.42. The van der Waals surface area contributed by atoms with Gasteiger partial charge < -0.3 is 9.64 Å². The first-order valence-electron chi connectivity index (χ1n) is 8.45. The number of anilines is 1. The minimum absolute atomic E-state index is 0.199. The minimum Gasteiger partial charge on any atom is -0.467 e. The molecule has 0 fully saturated rings. The van der Waals surface area contributed by atoms with Crippen LogP contribution in [0.4, 0.5) is 5.69 Å². The summed E-state index contributed by atoms with van der Waals surface area (Å²) in [6.45, 7) is 5.85. The van der Waals surface area contributed by atoms with Crippen molar-refractivity contribution in [3.05, 3.63) is 78.4 Å². The highest BCUT2D eigenvalue weighted by atomic mass is 16.5. The van der Waals surface area contributed by atoms with Gasteiger partial charge in [0.05, 0.1) is 19.0 Å². The van der Waals surface area contributed by atoms with Crippen LogP contribution in [0.5, 0.6) is 0 Å². The van der Waals surface area contributed by atoms with Gasteiger partial charge in [-0.3, -0.25) is 10.2 Å². The number of hydrazone groups is 1. The minimum atomic E-state index is -0.990. The lowest BCUT2D eigenvalue weighted by atomic mass is 10.1. The number of carbonyl (C=O) groups is 2. The molecule has 2 rings (SSSR count). The summed E-state index contributed by atoms with van der Waals surface area (Å²) in [6, 6.07) is 17.1. The van der Waals surface area contributed by atoms with Gasteiger partial charge in [-0.2, -0.15) is 5.10 Å². The third-order valence-electron chi connectivity index (χ3n) is 3.68. The van der Waals surface area contributed by atoms with Crippen LogP contribution in [-0.2, 0) is 9.53 Å². The highest BCUT2D eigenvalue weighted by Gasteiger charge is 2.30. The smallest absolute Gasteiger partial charge is 0.334 e. The topological polar surface area (TPSA) is 71.0 Å². The van der Waals surface area contributed by atoms with Crippen molar-refractivity contribution in [1.29, 1.82) is 0 Å². The molecule has 0 aromatic heterocycles. The lowest BCUT2D eigenvalue weighted by molar-refractivity contribution is -0.143. The molecule has 0 spiro atoms. The third kappa shape index (κ3) is 5.81. The molecule has 0 heterocycles. The molecule has 2 aromatic rings.